The number of aliphatic hydroxyl groups excluding tert-OH is 1. The van der Waals surface area contributed by atoms with Gasteiger partial charge in [-0.25, -0.2) is 0 Å². The number of esters is 1. The fourth-order valence-electron chi connectivity index (χ4n) is 5.55. The molecule has 0 saturated carbocycles. The van der Waals surface area contributed by atoms with E-state index < -0.39 is 35.8 Å². The molecule has 0 spiro atoms. The van der Waals surface area contributed by atoms with Crippen LogP contribution in [0, 0.1) is 36.5 Å². The summed E-state index contributed by atoms with van der Waals surface area (Å²) in [7, 11) is 0. The maximum Gasteiger partial charge on any atom is 0.310 e. The number of hydrogen-bond donors (Lipinski definition) is 2. The molecule has 7 atom stereocenters. The highest BCUT2D eigenvalue weighted by Gasteiger charge is 2.59. The van der Waals surface area contributed by atoms with Crippen LogP contribution in [0.2, 0.25) is 5.02 Å². The van der Waals surface area contributed by atoms with Gasteiger partial charge in [-0.15, -0.1) is 0 Å². The number of carbonyl (C=O) groups excluding carboxylic acids is 3. The van der Waals surface area contributed by atoms with Crippen molar-refractivity contribution in [3.8, 4) is 0 Å². The number of aliphatic hydroxyl groups is 1. The molecule has 2 N–H and O–H groups in total. The third-order valence-electron chi connectivity index (χ3n) is 7.66. The van der Waals surface area contributed by atoms with Gasteiger partial charge < -0.3 is 20.1 Å². The van der Waals surface area contributed by atoms with Gasteiger partial charge in [0.1, 0.15) is 6.04 Å². The summed E-state index contributed by atoms with van der Waals surface area (Å²) in [4.78, 5) is 42.4. The van der Waals surface area contributed by atoms with Gasteiger partial charge in [0, 0.05) is 5.92 Å². The molecule has 7 nitrogen and oxygen atoms in total. The van der Waals surface area contributed by atoms with Gasteiger partial charge in [-0.1, -0.05) is 63.1 Å². The standard InChI is InChI=1S/C27H37ClN2O5/c1-6-15(4)20(14-31)30-24(25(32)29-23-16(5)10-9-11-19(23)28)18-13-12-17(7-2)21(22(18)26(30)33)27(34)35-8-3/h9-13,15,17-18,20-22,24,31H,6-8,14H2,1-5H3,(H,29,32)/t15-,17+,18-,20-,21+,22+,24-/m0/s1. The van der Waals surface area contributed by atoms with E-state index in [2.05, 4.69) is 5.32 Å². The zero-order valence-corrected chi connectivity index (χ0v) is 21.9. The number of likely N-dealkylation sites (tertiary alicyclic amines) is 1. The zero-order valence-electron chi connectivity index (χ0n) is 21.2. The quantitative estimate of drug-likeness (QED) is 0.388. The first-order chi connectivity index (χ1) is 16.7. The van der Waals surface area contributed by atoms with Crippen molar-refractivity contribution in [3.63, 3.8) is 0 Å². The lowest BCUT2D eigenvalue weighted by Crippen LogP contribution is -2.52. The third-order valence-corrected chi connectivity index (χ3v) is 7.98. The molecule has 2 aliphatic rings. The van der Waals surface area contributed by atoms with Crippen LogP contribution in [0.3, 0.4) is 0 Å². The summed E-state index contributed by atoms with van der Waals surface area (Å²) in [5.74, 6) is -3.23. The number of allylic oxidation sites excluding steroid dienone is 1. The Morgan fingerprint density at radius 1 is 1.23 bits per heavy atom. The molecule has 0 bridgehead atoms. The normalized spacial score (nSPS) is 27.3. The number of ether oxygens (including phenoxy) is 1. The largest absolute Gasteiger partial charge is 0.466 e. The van der Waals surface area contributed by atoms with Gasteiger partial charge in [-0.2, -0.15) is 0 Å². The molecule has 1 saturated heterocycles. The topological polar surface area (TPSA) is 95.9 Å². The van der Waals surface area contributed by atoms with Crippen LogP contribution in [-0.2, 0) is 19.1 Å². The Bertz CT molecular complexity index is 960. The van der Waals surface area contributed by atoms with E-state index in [0.29, 0.717) is 17.1 Å². The van der Waals surface area contributed by atoms with E-state index in [1.165, 1.54) is 4.90 Å². The first-order valence-electron chi connectivity index (χ1n) is 12.6. The van der Waals surface area contributed by atoms with Crippen molar-refractivity contribution in [2.24, 2.45) is 29.6 Å². The highest BCUT2D eigenvalue weighted by Crippen LogP contribution is 2.47. The number of nitrogens with one attached hydrogen (secondary N) is 1. The van der Waals surface area contributed by atoms with Crippen molar-refractivity contribution in [3.05, 3.63) is 40.9 Å². The van der Waals surface area contributed by atoms with Crippen molar-refractivity contribution < 1.29 is 24.2 Å². The van der Waals surface area contributed by atoms with Crippen LogP contribution >= 0.6 is 11.6 Å². The number of hydrogen-bond acceptors (Lipinski definition) is 5. The number of amides is 2. The Morgan fingerprint density at radius 2 is 1.94 bits per heavy atom. The molecule has 0 aromatic heterocycles. The Morgan fingerprint density at radius 3 is 2.51 bits per heavy atom. The molecule has 0 radical (unpaired) electrons. The van der Waals surface area contributed by atoms with Crippen molar-refractivity contribution >= 4 is 35.1 Å². The lowest BCUT2D eigenvalue weighted by atomic mass is 9.69. The van der Waals surface area contributed by atoms with Crippen molar-refractivity contribution in [1.82, 2.24) is 4.90 Å². The minimum absolute atomic E-state index is 0.0477. The fraction of sp³-hybridized carbons (Fsp3) is 0.593. The number of aryl methyl sites for hydroxylation is 1. The average Bonchev–Trinajstić information content (AvgIpc) is 3.13. The van der Waals surface area contributed by atoms with E-state index in [9.17, 15) is 19.5 Å². The maximum absolute atomic E-state index is 14.0. The molecule has 3 rings (SSSR count). The van der Waals surface area contributed by atoms with Gasteiger partial charge in [-0.3, -0.25) is 14.4 Å². The molecule has 1 heterocycles. The van der Waals surface area contributed by atoms with Crippen LogP contribution < -0.4 is 5.32 Å². The van der Waals surface area contributed by atoms with Crippen molar-refractivity contribution in [1.29, 1.82) is 0 Å². The summed E-state index contributed by atoms with van der Waals surface area (Å²) in [6, 6.07) is 3.90. The van der Waals surface area contributed by atoms with Gasteiger partial charge in [0.2, 0.25) is 11.8 Å². The van der Waals surface area contributed by atoms with Crippen LogP contribution in [0.15, 0.2) is 30.4 Å². The summed E-state index contributed by atoms with van der Waals surface area (Å²) >= 11 is 6.37. The predicted molar refractivity (Wildman–Crippen MR) is 136 cm³/mol. The fourth-order valence-corrected chi connectivity index (χ4v) is 5.82. The maximum atomic E-state index is 14.0. The molecule has 8 heteroatoms. The smallest absolute Gasteiger partial charge is 0.310 e. The summed E-state index contributed by atoms with van der Waals surface area (Å²) in [5, 5.41) is 13.7. The lowest BCUT2D eigenvalue weighted by Gasteiger charge is -2.36. The summed E-state index contributed by atoms with van der Waals surface area (Å²) in [5.41, 5.74) is 1.29. The van der Waals surface area contributed by atoms with E-state index in [1.54, 1.807) is 19.1 Å². The van der Waals surface area contributed by atoms with Gasteiger partial charge in [0.25, 0.3) is 0 Å². The average molecular weight is 505 g/mol. The van der Waals surface area contributed by atoms with Crippen LogP contribution in [0.1, 0.15) is 46.1 Å². The Hall–Kier alpha value is -2.38. The monoisotopic (exact) mass is 504 g/mol. The molecule has 1 aromatic rings. The third kappa shape index (κ3) is 5.12. The number of halogens is 1. The number of nitrogens with zero attached hydrogens (tertiary/aromatic N) is 1. The van der Waals surface area contributed by atoms with Gasteiger partial charge in [0.15, 0.2) is 0 Å². The molecule has 0 unspecified atom stereocenters. The molecule has 192 valence electrons. The Balaban J connectivity index is 2.10. The van der Waals surface area contributed by atoms with Crippen molar-refractivity contribution in [2.75, 3.05) is 18.5 Å². The molecule has 1 fully saturated rings. The predicted octanol–water partition coefficient (Wildman–Crippen LogP) is 4.21. The van der Waals surface area contributed by atoms with Crippen LogP contribution in [-0.4, -0.2) is 53.1 Å². The first kappa shape index (κ1) is 27.2. The van der Waals surface area contributed by atoms with Gasteiger partial charge in [-0.05, 0) is 43.7 Å². The molecule has 2 amide bonds. The van der Waals surface area contributed by atoms with Crippen LogP contribution in [0.25, 0.3) is 0 Å². The number of anilines is 1. The lowest BCUT2D eigenvalue weighted by molar-refractivity contribution is -0.156. The SMILES string of the molecule is CCOC(=O)[C@H]1[C@@H]2C(=O)N([C@@H](CO)[C@@H](C)CC)[C@H](C(=O)Nc3c(C)cccc3Cl)[C@H]2C=C[C@H]1CC. The van der Waals surface area contributed by atoms with E-state index in [4.69, 9.17) is 16.3 Å². The molecule has 1 aliphatic heterocycles. The summed E-state index contributed by atoms with van der Waals surface area (Å²) in [6.45, 7) is 9.44. The van der Waals surface area contributed by atoms with Crippen LogP contribution in [0.5, 0.6) is 0 Å². The number of benzene rings is 1. The minimum Gasteiger partial charge on any atom is -0.466 e. The number of fused-ring (bicyclic) bond motifs is 1. The Kier molecular flexibility index (Phi) is 9.00. The number of para-hydroxylation sites is 1. The van der Waals surface area contributed by atoms with Gasteiger partial charge >= 0.3 is 5.97 Å². The molecular formula is C27H37ClN2O5. The zero-order chi connectivity index (χ0) is 25.9. The highest BCUT2D eigenvalue weighted by molar-refractivity contribution is 6.34. The number of carbonyl (C=O) groups is 3. The second-order valence-corrected chi connectivity index (χ2v) is 9.99. The van der Waals surface area contributed by atoms with E-state index in [0.717, 1.165) is 12.0 Å². The number of rotatable bonds is 9. The van der Waals surface area contributed by atoms with Crippen LogP contribution in [0.4, 0.5) is 5.69 Å². The summed E-state index contributed by atoms with van der Waals surface area (Å²) in [6.07, 6.45) is 5.23. The van der Waals surface area contributed by atoms with E-state index >= 15 is 0 Å². The minimum atomic E-state index is -0.889. The molecule has 35 heavy (non-hydrogen) atoms. The summed E-state index contributed by atoms with van der Waals surface area (Å²) < 4.78 is 5.37. The van der Waals surface area contributed by atoms with E-state index in [1.807, 2.05) is 45.9 Å². The van der Waals surface area contributed by atoms with Gasteiger partial charge in [0.05, 0.1) is 41.8 Å². The molecule has 1 aliphatic carbocycles. The molecule has 1 aromatic carbocycles. The second-order valence-electron chi connectivity index (χ2n) is 9.58. The Labute approximate surface area is 212 Å². The second kappa shape index (κ2) is 11.6. The molecular weight excluding hydrogens is 468 g/mol. The first-order valence-corrected chi connectivity index (χ1v) is 12.9. The highest BCUT2D eigenvalue weighted by atomic mass is 35.5. The van der Waals surface area contributed by atoms with E-state index in [-0.39, 0.29) is 36.9 Å². The van der Waals surface area contributed by atoms with Crippen molar-refractivity contribution in [2.45, 2.75) is 59.5 Å².